The van der Waals surface area contributed by atoms with Gasteiger partial charge in [-0.15, -0.1) is 10.2 Å². The summed E-state index contributed by atoms with van der Waals surface area (Å²) in [6.45, 7) is 4.12. The van der Waals surface area contributed by atoms with E-state index in [2.05, 4.69) is 10.2 Å². The highest BCUT2D eigenvalue weighted by atomic mass is 16.4. The number of nitrogens with zero attached hydrogens (tertiary/aromatic N) is 3. The molecule has 1 aromatic rings. The quantitative estimate of drug-likeness (QED) is 0.778. The molecular formula is C10H17N3O3. The van der Waals surface area contributed by atoms with E-state index in [0.717, 1.165) is 0 Å². The molecular weight excluding hydrogens is 210 g/mol. The molecule has 1 atom stereocenters. The Morgan fingerprint density at radius 2 is 2.06 bits per heavy atom. The number of hydrogen-bond donors (Lipinski definition) is 1. The molecule has 0 saturated heterocycles. The van der Waals surface area contributed by atoms with E-state index in [0.29, 0.717) is 31.2 Å². The van der Waals surface area contributed by atoms with Crippen LogP contribution >= 0.6 is 0 Å². The van der Waals surface area contributed by atoms with Gasteiger partial charge in [0.25, 0.3) is 0 Å². The summed E-state index contributed by atoms with van der Waals surface area (Å²) < 4.78 is 5.32. The van der Waals surface area contributed by atoms with Crippen LogP contribution in [-0.2, 0) is 17.8 Å². The molecule has 0 aliphatic carbocycles. The molecule has 0 aromatic carbocycles. The van der Waals surface area contributed by atoms with Crippen LogP contribution in [0.5, 0.6) is 0 Å². The third kappa shape index (κ3) is 3.03. The molecule has 1 rings (SSSR count). The molecule has 0 aliphatic rings. The maximum atomic E-state index is 10.9. The fourth-order valence-corrected chi connectivity index (χ4v) is 1.49. The largest absolute Gasteiger partial charge is 0.480 e. The Bertz CT molecular complexity index is 351. The van der Waals surface area contributed by atoms with Gasteiger partial charge in [-0.3, -0.25) is 9.69 Å². The van der Waals surface area contributed by atoms with E-state index >= 15 is 0 Å². The minimum absolute atomic E-state index is 0.359. The van der Waals surface area contributed by atoms with Crippen molar-refractivity contribution >= 4 is 5.97 Å². The van der Waals surface area contributed by atoms with Crippen molar-refractivity contribution in [2.75, 3.05) is 7.05 Å². The average Bonchev–Trinajstić information content (AvgIpc) is 2.65. The summed E-state index contributed by atoms with van der Waals surface area (Å²) in [6, 6.07) is -0.517. The van der Waals surface area contributed by atoms with E-state index in [9.17, 15) is 4.79 Å². The van der Waals surface area contributed by atoms with Crippen LogP contribution in [0.15, 0.2) is 4.42 Å². The third-order valence-electron chi connectivity index (χ3n) is 2.40. The molecule has 16 heavy (non-hydrogen) atoms. The summed E-state index contributed by atoms with van der Waals surface area (Å²) in [4.78, 5) is 12.6. The Morgan fingerprint density at radius 1 is 1.44 bits per heavy atom. The van der Waals surface area contributed by atoms with Gasteiger partial charge in [0.2, 0.25) is 11.8 Å². The van der Waals surface area contributed by atoms with Crippen molar-refractivity contribution in [2.24, 2.45) is 0 Å². The number of likely N-dealkylation sites (N-methyl/N-ethyl adjacent to an activating group) is 1. The second-order valence-corrected chi connectivity index (χ2v) is 3.62. The van der Waals surface area contributed by atoms with Crippen LogP contribution in [0.25, 0.3) is 0 Å². The van der Waals surface area contributed by atoms with Gasteiger partial charge in [0.1, 0.15) is 6.04 Å². The molecule has 0 spiro atoms. The maximum absolute atomic E-state index is 10.9. The van der Waals surface area contributed by atoms with E-state index in [-0.39, 0.29) is 0 Å². The average molecular weight is 227 g/mol. The Kier molecular flexibility index (Phi) is 4.42. The predicted molar refractivity (Wildman–Crippen MR) is 56.9 cm³/mol. The first-order chi connectivity index (χ1) is 7.58. The molecule has 0 bridgehead atoms. The molecule has 0 saturated carbocycles. The zero-order valence-corrected chi connectivity index (χ0v) is 9.80. The molecule has 6 nitrogen and oxygen atoms in total. The number of aromatic nitrogens is 2. The summed E-state index contributed by atoms with van der Waals surface area (Å²) in [7, 11) is 1.73. The van der Waals surface area contributed by atoms with E-state index in [1.807, 2.05) is 13.8 Å². The molecule has 1 heterocycles. The molecule has 0 amide bonds. The SMILES string of the molecule is CCc1nnc(CN(C)C(CC)C(=O)O)o1. The smallest absolute Gasteiger partial charge is 0.320 e. The van der Waals surface area contributed by atoms with Gasteiger partial charge in [0.15, 0.2) is 0 Å². The molecule has 1 N–H and O–H groups in total. The Hall–Kier alpha value is -1.43. The second kappa shape index (κ2) is 5.60. The van der Waals surface area contributed by atoms with Gasteiger partial charge in [-0.05, 0) is 13.5 Å². The number of carbonyl (C=O) groups is 1. The van der Waals surface area contributed by atoms with Crippen molar-refractivity contribution in [1.82, 2.24) is 15.1 Å². The highest BCUT2D eigenvalue weighted by Gasteiger charge is 2.21. The van der Waals surface area contributed by atoms with E-state index in [1.165, 1.54) is 0 Å². The van der Waals surface area contributed by atoms with Gasteiger partial charge < -0.3 is 9.52 Å². The lowest BCUT2D eigenvalue weighted by atomic mass is 10.2. The van der Waals surface area contributed by atoms with Gasteiger partial charge in [-0.1, -0.05) is 13.8 Å². The van der Waals surface area contributed by atoms with Crippen LogP contribution in [0.2, 0.25) is 0 Å². The van der Waals surface area contributed by atoms with Crippen LogP contribution in [-0.4, -0.2) is 39.3 Å². The normalized spacial score (nSPS) is 13.0. The zero-order valence-electron chi connectivity index (χ0n) is 9.80. The van der Waals surface area contributed by atoms with Crippen molar-refractivity contribution in [3.8, 4) is 0 Å². The first-order valence-electron chi connectivity index (χ1n) is 5.32. The van der Waals surface area contributed by atoms with Crippen LogP contribution in [0.4, 0.5) is 0 Å². The topological polar surface area (TPSA) is 79.5 Å². The summed E-state index contributed by atoms with van der Waals surface area (Å²) in [5, 5.41) is 16.6. The lowest BCUT2D eigenvalue weighted by molar-refractivity contribution is -0.143. The Balaban J connectivity index is 2.62. The van der Waals surface area contributed by atoms with Crippen molar-refractivity contribution in [1.29, 1.82) is 0 Å². The van der Waals surface area contributed by atoms with E-state index < -0.39 is 12.0 Å². The van der Waals surface area contributed by atoms with Gasteiger partial charge >= 0.3 is 5.97 Å². The number of carboxylic acid groups (broad SMARTS) is 1. The summed E-state index contributed by atoms with van der Waals surface area (Å²) in [6.07, 6.45) is 1.23. The standard InChI is InChI=1S/C10H17N3O3/c1-4-7(10(14)15)13(3)6-9-12-11-8(5-2)16-9/h7H,4-6H2,1-3H3,(H,14,15). The number of aliphatic carboxylic acids is 1. The number of rotatable bonds is 6. The van der Waals surface area contributed by atoms with Gasteiger partial charge in [-0.2, -0.15) is 0 Å². The fraction of sp³-hybridized carbons (Fsp3) is 0.700. The Morgan fingerprint density at radius 3 is 2.50 bits per heavy atom. The highest BCUT2D eigenvalue weighted by Crippen LogP contribution is 2.08. The van der Waals surface area contributed by atoms with Crippen molar-refractivity contribution < 1.29 is 14.3 Å². The summed E-state index contributed by atoms with van der Waals surface area (Å²) in [5.41, 5.74) is 0. The lowest BCUT2D eigenvalue weighted by Gasteiger charge is -2.21. The van der Waals surface area contributed by atoms with Crippen LogP contribution in [0.3, 0.4) is 0 Å². The van der Waals surface area contributed by atoms with Crippen LogP contribution < -0.4 is 0 Å². The highest BCUT2D eigenvalue weighted by molar-refractivity contribution is 5.73. The molecule has 6 heteroatoms. The maximum Gasteiger partial charge on any atom is 0.320 e. The minimum Gasteiger partial charge on any atom is -0.480 e. The summed E-state index contributed by atoms with van der Waals surface area (Å²) in [5.74, 6) is 0.200. The van der Waals surface area contributed by atoms with Gasteiger partial charge in [0.05, 0.1) is 6.54 Å². The third-order valence-corrected chi connectivity index (χ3v) is 2.40. The molecule has 1 aromatic heterocycles. The van der Waals surface area contributed by atoms with Crippen LogP contribution in [0.1, 0.15) is 32.0 Å². The number of carboxylic acids is 1. The zero-order chi connectivity index (χ0) is 12.1. The molecule has 0 fully saturated rings. The van der Waals surface area contributed by atoms with Crippen molar-refractivity contribution in [2.45, 2.75) is 39.3 Å². The first-order valence-corrected chi connectivity index (χ1v) is 5.32. The monoisotopic (exact) mass is 227 g/mol. The van der Waals surface area contributed by atoms with Gasteiger partial charge in [-0.25, -0.2) is 0 Å². The second-order valence-electron chi connectivity index (χ2n) is 3.62. The molecule has 1 unspecified atom stereocenters. The number of hydrogen-bond acceptors (Lipinski definition) is 5. The van der Waals surface area contributed by atoms with Crippen molar-refractivity contribution in [3.05, 3.63) is 11.8 Å². The minimum atomic E-state index is -0.833. The van der Waals surface area contributed by atoms with Gasteiger partial charge in [0, 0.05) is 6.42 Å². The lowest BCUT2D eigenvalue weighted by Crippen LogP contribution is -2.37. The molecule has 0 radical (unpaired) electrons. The fourth-order valence-electron chi connectivity index (χ4n) is 1.49. The van der Waals surface area contributed by atoms with Crippen molar-refractivity contribution in [3.63, 3.8) is 0 Å². The Labute approximate surface area is 94.3 Å². The predicted octanol–water partition coefficient (Wildman–Crippen LogP) is 0.927. The number of aryl methyl sites for hydroxylation is 1. The molecule has 0 aliphatic heterocycles. The van der Waals surface area contributed by atoms with E-state index in [4.69, 9.17) is 9.52 Å². The van der Waals surface area contributed by atoms with Crippen LogP contribution in [0, 0.1) is 0 Å². The van der Waals surface area contributed by atoms with E-state index in [1.54, 1.807) is 11.9 Å². The summed E-state index contributed by atoms with van der Waals surface area (Å²) >= 11 is 0. The molecule has 90 valence electrons. The first kappa shape index (κ1) is 12.6.